The number of para-hydroxylation sites is 1. The maximum atomic E-state index is 8.59. The molecule has 0 unspecified atom stereocenters. The standard InChI is InChI=1S/C15H13N3S2/c16-9-10-20-14-8-4-7-13(11-14)18-15(19)17-12-5-2-1-3-6-12/h1-8,11H,10H2,(H2,17,18,19). The molecule has 0 bridgehead atoms. The van der Waals surface area contributed by atoms with Crippen LogP contribution in [0, 0.1) is 11.3 Å². The predicted molar refractivity (Wildman–Crippen MR) is 89.1 cm³/mol. The number of rotatable bonds is 4. The first kappa shape index (κ1) is 14.4. The van der Waals surface area contributed by atoms with Crippen LogP contribution in [0.25, 0.3) is 0 Å². The zero-order chi connectivity index (χ0) is 14.2. The maximum absolute atomic E-state index is 8.59. The smallest absolute Gasteiger partial charge is 0.175 e. The molecule has 0 aromatic heterocycles. The van der Waals surface area contributed by atoms with Crippen molar-refractivity contribution < 1.29 is 0 Å². The molecular weight excluding hydrogens is 286 g/mol. The molecule has 0 heterocycles. The maximum Gasteiger partial charge on any atom is 0.175 e. The van der Waals surface area contributed by atoms with Crippen LogP contribution in [0.4, 0.5) is 11.4 Å². The number of thioether (sulfide) groups is 1. The Hall–Kier alpha value is -2.03. The lowest BCUT2D eigenvalue weighted by Crippen LogP contribution is -2.18. The minimum Gasteiger partial charge on any atom is -0.332 e. The fourth-order valence-corrected chi connectivity index (χ4v) is 2.45. The van der Waals surface area contributed by atoms with Crippen LogP contribution >= 0.6 is 24.0 Å². The molecule has 2 aromatic rings. The summed E-state index contributed by atoms with van der Waals surface area (Å²) in [6.45, 7) is 0. The van der Waals surface area contributed by atoms with Gasteiger partial charge < -0.3 is 10.6 Å². The van der Waals surface area contributed by atoms with E-state index in [4.69, 9.17) is 17.5 Å². The van der Waals surface area contributed by atoms with Gasteiger partial charge in [-0.05, 0) is 42.5 Å². The summed E-state index contributed by atoms with van der Waals surface area (Å²) >= 11 is 6.77. The van der Waals surface area contributed by atoms with Crippen LogP contribution in [0.15, 0.2) is 59.5 Å². The van der Waals surface area contributed by atoms with Gasteiger partial charge in [-0.3, -0.25) is 0 Å². The van der Waals surface area contributed by atoms with E-state index in [1.165, 1.54) is 11.8 Å². The van der Waals surface area contributed by atoms with E-state index >= 15 is 0 Å². The third-order valence-corrected chi connectivity index (χ3v) is 3.49. The molecule has 0 amide bonds. The van der Waals surface area contributed by atoms with Gasteiger partial charge in [0.05, 0.1) is 11.8 Å². The van der Waals surface area contributed by atoms with Gasteiger partial charge in [-0.1, -0.05) is 24.3 Å². The molecule has 0 fully saturated rings. The van der Waals surface area contributed by atoms with Gasteiger partial charge in [0.2, 0.25) is 0 Å². The van der Waals surface area contributed by atoms with Crippen LogP contribution in [0.3, 0.4) is 0 Å². The highest BCUT2D eigenvalue weighted by Gasteiger charge is 2.00. The summed E-state index contributed by atoms with van der Waals surface area (Å²) in [6, 6.07) is 19.7. The van der Waals surface area contributed by atoms with E-state index in [0.717, 1.165) is 16.3 Å². The molecule has 20 heavy (non-hydrogen) atoms. The molecule has 0 saturated carbocycles. The third kappa shape index (κ3) is 4.57. The zero-order valence-electron chi connectivity index (χ0n) is 10.7. The first-order chi connectivity index (χ1) is 9.78. The van der Waals surface area contributed by atoms with Crippen LogP contribution in [0.5, 0.6) is 0 Å². The quantitative estimate of drug-likeness (QED) is 0.657. The molecule has 0 aliphatic heterocycles. The number of nitrogens with zero attached hydrogens (tertiary/aromatic N) is 1. The molecule has 2 N–H and O–H groups in total. The Morgan fingerprint density at radius 3 is 2.50 bits per heavy atom. The number of nitriles is 1. The van der Waals surface area contributed by atoms with E-state index in [0.29, 0.717) is 10.9 Å². The molecule has 0 radical (unpaired) electrons. The van der Waals surface area contributed by atoms with E-state index in [2.05, 4.69) is 16.7 Å². The van der Waals surface area contributed by atoms with Crippen molar-refractivity contribution in [3.05, 3.63) is 54.6 Å². The van der Waals surface area contributed by atoms with Crippen LogP contribution in [0.1, 0.15) is 0 Å². The topological polar surface area (TPSA) is 47.9 Å². The molecule has 0 aliphatic rings. The summed E-state index contributed by atoms with van der Waals surface area (Å²) in [5.74, 6) is 0.441. The van der Waals surface area contributed by atoms with Gasteiger partial charge in [0.1, 0.15) is 0 Å². The second-order valence-corrected chi connectivity index (χ2v) is 5.38. The number of benzene rings is 2. The van der Waals surface area contributed by atoms with Crippen LogP contribution < -0.4 is 10.6 Å². The van der Waals surface area contributed by atoms with Gasteiger partial charge in [-0.25, -0.2) is 0 Å². The Morgan fingerprint density at radius 2 is 1.75 bits per heavy atom. The number of hydrogen-bond acceptors (Lipinski definition) is 3. The van der Waals surface area contributed by atoms with Crippen molar-refractivity contribution in [1.29, 1.82) is 5.26 Å². The van der Waals surface area contributed by atoms with E-state index in [1.807, 2.05) is 54.6 Å². The van der Waals surface area contributed by atoms with Crippen molar-refractivity contribution in [2.45, 2.75) is 4.90 Å². The van der Waals surface area contributed by atoms with E-state index < -0.39 is 0 Å². The van der Waals surface area contributed by atoms with Crippen molar-refractivity contribution in [3.63, 3.8) is 0 Å². The summed E-state index contributed by atoms with van der Waals surface area (Å²) in [7, 11) is 0. The van der Waals surface area contributed by atoms with Gasteiger partial charge in [0, 0.05) is 16.3 Å². The SMILES string of the molecule is N#CCSc1cccc(NC(=S)Nc2ccccc2)c1. The molecule has 2 rings (SSSR count). The minimum absolute atomic E-state index is 0.441. The van der Waals surface area contributed by atoms with Gasteiger partial charge in [0.25, 0.3) is 0 Å². The average molecular weight is 299 g/mol. The van der Waals surface area contributed by atoms with Crippen LogP contribution in [-0.2, 0) is 0 Å². The third-order valence-electron chi connectivity index (χ3n) is 2.43. The largest absolute Gasteiger partial charge is 0.332 e. The lowest BCUT2D eigenvalue weighted by atomic mass is 10.3. The zero-order valence-corrected chi connectivity index (χ0v) is 12.3. The predicted octanol–water partition coefficient (Wildman–Crippen LogP) is 4.11. The summed E-state index contributed by atoms with van der Waals surface area (Å²) in [5.41, 5.74) is 1.85. The van der Waals surface area contributed by atoms with Gasteiger partial charge in [0.15, 0.2) is 5.11 Å². The normalized spacial score (nSPS) is 9.55. The van der Waals surface area contributed by atoms with Crippen molar-refractivity contribution in [2.24, 2.45) is 0 Å². The lowest BCUT2D eigenvalue weighted by molar-refractivity contribution is 1.44. The highest BCUT2D eigenvalue weighted by Crippen LogP contribution is 2.21. The second kappa shape index (κ2) is 7.53. The van der Waals surface area contributed by atoms with Crippen LogP contribution in [0.2, 0.25) is 0 Å². The summed E-state index contributed by atoms with van der Waals surface area (Å²) < 4.78 is 0. The Morgan fingerprint density at radius 1 is 1.05 bits per heavy atom. The molecule has 0 saturated heterocycles. The number of thiocarbonyl (C=S) groups is 1. The Balaban J connectivity index is 1.96. The average Bonchev–Trinajstić information content (AvgIpc) is 2.46. The first-order valence-electron chi connectivity index (χ1n) is 6.01. The van der Waals surface area contributed by atoms with Gasteiger partial charge >= 0.3 is 0 Å². The highest BCUT2D eigenvalue weighted by molar-refractivity contribution is 7.99. The van der Waals surface area contributed by atoms with E-state index in [-0.39, 0.29) is 0 Å². The monoisotopic (exact) mass is 299 g/mol. The summed E-state index contributed by atoms with van der Waals surface area (Å²) in [6.07, 6.45) is 0. The number of nitrogens with one attached hydrogen (secondary N) is 2. The number of anilines is 2. The molecule has 2 aromatic carbocycles. The van der Waals surface area contributed by atoms with Gasteiger partial charge in [-0.2, -0.15) is 5.26 Å². The molecular formula is C15H13N3S2. The molecule has 0 aliphatic carbocycles. The summed E-state index contributed by atoms with van der Waals surface area (Å²) in [5, 5.41) is 15.4. The minimum atomic E-state index is 0.441. The molecule has 0 atom stereocenters. The fourth-order valence-electron chi connectivity index (χ4n) is 1.59. The van der Waals surface area contributed by atoms with E-state index in [9.17, 15) is 0 Å². The molecule has 3 nitrogen and oxygen atoms in total. The van der Waals surface area contributed by atoms with Gasteiger partial charge in [-0.15, -0.1) is 11.8 Å². The van der Waals surface area contributed by atoms with Crippen molar-refractivity contribution in [1.82, 2.24) is 0 Å². The molecule has 100 valence electrons. The van der Waals surface area contributed by atoms with E-state index in [1.54, 1.807) is 0 Å². The van der Waals surface area contributed by atoms with Crippen LogP contribution in [-0.4, -0.2) is 10.9 Å². The highest BCUT2D eigenvalue weighted by atomic mass is 32.2. The second-order valence-electron chi connectivity index (χ2n) is 3.92. The number of hydrogen-bond donors (Lipinski definition) is 2. The van der Waals surface area contributed by atoms with Crippen molar-refractivity contribution in [2.75, 3.05) is 16.4 Å². The molecule has 5 heteroatoms. The fraction of sp³-hybridized carbons (Fsp3) is 0.0667. The molecule has 0 spiro atoms. The Labute approximate surface area is 128 Å². The summed E-state index contributed by atoms with van der Waals surface area (Å²) in [4.78, 5) is 1.04. The Kier molecular flexibility index (Phi) is 5.42. The van der Waals surface area contributed by atoms with Crippen molar-refractivity contribution >= 4 is 40.5 Å². The first-order valence-corrected chi connectivity index (χ1v) is 7.40. The van der Waals surface area contributed by atoms with Crippen molar-refractivity contribution in [3.8, 4) is 6.07 Å². The Bertz CT molecular complexity index is 621. The lowest BCUT2D eigenvalue weighted by Gasteiger charge is -2.11.